The molecule has 1 aromatic heterocycles. The van der Waals surface area contributed by atoms with E-state index in [0.717, 1.165) is 19.2 Å². The molecule has 18 heteroatoms. The van der Waals surface area contributed by atoms with E-state index in [9.17, 15) is 36.4 Å². The van der Waals surface area contributed by atoms with Crippen LogP contribution in [0.1, 0.15) is 86.0 Å². The summed E-state index contributed by atoms with van der Waals surface area (Å²) in [5.41, 5.74) is 1.35. The average Bonchev–Trinajstić information content (AvgIpc) is 4.05. The monoisotopic (exact) mass is 832 g/mol. The van der Waals surface area contributed by atoms with Gasteiger partial charge in [0.15, 0.2) is 5.60 Å². The highest BCUT2D eigenvalue weighted by molar-refractivity contribution is 7.91. The van der Waals surface area contributed by atoms with Gasteiger partial charge in [0.1, 0.15) is 29.5 Å². The molecule has 2 aliphatic carbocycles. The Morgan fingerprint density at radius 3 is 2.57 bits per heavy atom. The fourth-order valence-electron chi connectivity index (χ4n) is 7.77. The van der Waals surface area contributed by atoms with Gasteiger partial charge in [-0.2, -0.15) is 0 Å². The molecular formula is C40H54F2N6O9S. The van der Waals surface area contributed by atoms with Crippen LogP contribution in [0.5, 0.6) is 11.6 Å². The Labute approximate surface area is 337 Å². The lowest BCUT2D eigenvalue weighted by atomic mass is 9.85. The summed E-state index contributed by atoms with van der Waals surface area (Å²) in [5.74, 6) is -2.09. The number of hydrogen-bond acceptors (Lipinski definition) is 11. The molecule has 3 heterocycles. The number of pyridine rings is 1. The smallest absolute Gasteiger partial charge is 0.422 e. The molecule has 2 saturated carbocycles. The third-order valence-corrected chi connectivity index (χ3v) is 14.2. The van der Waals surface area contributed by atoms with E-state index in [1.807, 2.05) is 32.1 Å². The van der Waals surface area contributed by atoms with Crippen molar-refractivity contribution >= 4 is 44.6 Å². The summed E-state index contributed by atoms with van der Waals surface area (Å²) in [6.07, 6.45) is 3.56. The van der Waals surface area contributed by atoms with Crippen molar-refractivity contribution in [2.75, 3.05) is 13.7 Å². The Balaban J connectivity index is 1.34. The lowest BCUT2D eigenvalue weighted by Gasteiger charge is -2.34. The van der Waals surface area contributed by atoms with Crippen molar-refractivity contribution in [3.8, 4) is 11.6 Å². The Morgan fingerprint density at radius 2 is 1.90 bits per heavy atom. The van der Waals surface area contributed by atoms with E-state index in [1.165, 1.54) is 4.90 Å². The molecule has 4 aliphatic rings. The number of amides is 4. The van der Waals surface area contributed by atoms with Crippen LogP contribution in [0.3, 0.4) is 0 Å². The standard InChI is InChI=1S/C40H54F2N6O9S/c1-7-24-18-23(2)10-8-9-11-26-21-40(26,36(51)47-58(53,54)39(5)15-16-39)44-32(49)30-20-28(56-33-29-13-12-27(55-6)19-25(29)14-17-43-33)22-48(30)34(50)31(24)45-46-37(52)57-38(3,4)35(41)42/h9,11-14,17,19,23-24,26,28,30-31,35,45H,7-8,10,15-16,18,20-22H2,1-6H3,(H,44,49)(H,46,52)(H,47,51)/b11-9-/t23-,24-,26-,28-,30+,31+,40-/m1/s1. The van der Waals surface area contributed by atoms with Gasteiger partial charge >= 0.3 is 6.09 Å². The fraction of sp³-hybridized carbons (Fsp3) is 0.625. The molecule has 0 spiro atoms. The van der Waals surface area contributed by atoms with Crippen LogP contribution >= 0.6 is 0 Å². The van der Waals surface area contributed by atoms with E-state index in [2.05, 4.69) is 25.9 Å². The van der Waals surface area contributed by atoms with Gasteiger partial charge in [-0.1, -0.05) is 32.4 Å². The van der Waals surface area contributed by atoms with Gasteiger partial charge in [0, 0.05) is 23.9 Å². The normalized spacial score (nSPS) is 29.2. The molecule has 3 fully saturated rings. The van der Waals surface area contributed by atoms with Gasteiger partial charge in [-0.05, 0) is 101 Å². The van der Waals surface area contributed by atoms with E-state index in [1.54, 1.807) is 38.4 Å². The third kappa shape index (κ3) is 9.01. The molecule has 4 N–H and O–H groups in total. The minimum atomic E-state index is -4.04. The lowest BCUT2D eigenvalue weighted by Crippen LogP contribution is -2.61. The van der Waals surface area contributed by atoms with Crippen molar-refractivity contribution in [2.45, 2.75) is 126 Å². The van der Waals surface area contributed by atoms with E-state index in [0.29, 0.717) is 49.7 Å². The van der Waals surface area contributed by atoms with Crippen LogP contribution in [0.25, 0.3) is 10.8 Å². The van der Waals surface area contributed by atoms with Crippen molar-refractivity contribution in [2.24, 2.45) is 17.8 Å². The maximum absolute atomic E-state index is 14.9. The average molecular weight is 833 g/mol. The first kappa shape index (κ1) is 43.0. The first-order valence-corrected chi connectivity index (χ1v) is 21.3. The van der Waals surface area contributed by atoms with Gasteiger partial charge in [-0.15, -0.1) is 0 Å². The molecule has 2 aromatic rings. The predicted molar refractivity (Wildman–Crippen MR) is 209 cm³/mol. The second kappa shape index (κ2) is 16.6. The first-order valence-electron chi connectivity index (χ1n) is 19.8. The number of sulfonamides is 1. The van der Waals surface area contributed by atoms with Gasteiger partial charge in [0.2, 0.25) is 27.7 Å². The molecule has 0 bridgehead atoms. The van der Waals surface area contributed by atoms with E-state index >= 15 is 0 Å². The van der Waals surface area contributed by atoms with Crippen molar-refractivity contribution in [3.63, 3.8) is 0 Å². The van der Waals surface area contributed by atoms with E-state index < -0.39 is 86.2 Å². The summed E-state index contributed by atoms with van der Waals surface area (Å²) in [6, 6.07) is 4.78. The Kier molecular flexibility index (Phi) is 12.3. The maximum atomic E-state index is 14.9. The SMILES string of the molecule is CC[C@@H]1C[C@H](C)CC/C=C\[C@@H]2C[C@@]2(C(=O)NS(=O)(=O)C2(C)CC2)NC(=O)[C@@H]2C[C@@H](Oc3nccc4cc(OC)ccc34)CN2C(=O)[C@H]1NNC(=O)OC(C)(C)C(F)F. The number of halogens is 2. The summed E-state index contributed by atoms with van der Waals surface area (Å²) >= 11 is 0. The summed E-state index contributed by atoms with van der Waals surface area (Å²) in [6.45, 7) is 7.50. The van der Waals surface area contributed by atoms with Crippen LogP contribution in [0.2, 0.25) is 0 Å². The number of nitrogens with one attached hydrogen (secondary N) is 4. The molecule has 7 atom stereocenters. The van der Waals surface area contributed by atoms with Crippen LogP contribution in [0.15, 0.2) is 42.6 Å². The number of alkyl halides is 2. The minimum Gasteiger partial charge on any atom is -0.497 e. The van der Waals surface area contributed by atoms with Crippen molar-refractivity contribution < 1.29 is 50.6 Å². The van der Waals surface area contributed by atoms with Crippen molar-refractivity contribution in [3.05, 3.63) is 42.6 Å². The largest absolute Gasteiger partial charge is 0.497 e. The zero-order valence-corrected chi connectivity index (χ0v) is 34.5. The van der Waals surface area contributed by atoms with Gasteiger partial charge in [0.05, 0.1) is 18.4 Å². The minimum absolute atomic E-state index is 0.0294. The number of rotatable bonds is 11. The highest BCUT2D eigenvalue weighted by Crippen LogP contribution is 2.47. The molecule has 2 aliphatic heterocycles. The maximum Gasteiger partial charge on any atom is 0.422 e. The molecule has 15 nitrogen and oxygen atoms in total. The summed E-state index contributed by atoms with van der Waals surface area (Å²) in [4.78, 5) is 62.0. The van der Waals surface area contributed by atoms with Crippen LogP contribution in [-0.4, -0.2) is 96.3 Å². The molecule has 0 unspecified atom stereocenters. The van der Waals surface area contributed by atoms with E-state index in [4.69, 9.17) is 14.2 Å². The number of hydrogen-bond donors (Lipinski definition) is 4. The highest BCUT2D eigenvalue weighted by atomic mass is 32.2. The number of aromatic nitrogens is 1. The second-order valence-corrected chi connectivity index (χ2v) is 19.1. The zero-order chi connectivity index (χ0) is 42.2. The molecule has 318 valence electrons. The number of hydrazine groups is 1. The number of carbonyl (C=O) groups excluding carboxylic acids is 4. The summed E-state index contributed by atoms with van der Waals surface area (Å²) < 4.78 is 71.5. The van der Waals surface area contributed by atoms with Gasteiger partial charge in [-0.25, -0.2) is 32.4 Å². The molecular weight excluding hydrogens is 779 g/mol. The van der Waals surface area contributed by atoms with Gasteiger partial charge in [-0.3, -0.25) is 24.5 Å². The quantitative estimate of drug-likeness (QED) is 0.184. The molecule has 58 heavy (non-hydrogen) atoms. The van der Waals surface area contributed by atoms with Crippen molar-refractivity contribution in [1.82, 2.24) is 30.8 Å². The summed E-state index contributed by atoms with van der Waals surface area (Å²) in [5, 5.41) is 4.29. The first-order chi connectivity index (χ1) is 27.3. The number of carbonyl (C=O) groups is 4. The lowest BCUT2D eigenvalue weighted by molar-refractivity contribution is -0.142. The number of methoxy groups -OCH3 is 1. The van der Waals surface area contributed by atoms with Crippen LogP contribution in [0.4, 0.5) is 13.6 Å². The number of ether oxygens (including phenoxy) is 3. The van der Waals surface area contributed by atoms with Crippen LogP contribution in [0, 0.1) is 17.8 Å². The molecule has 1 saturated heterocycles. The second-order valence-electron chi connectivity index (χ2n) is 16.9. The van der Waals surface area contributed by atoms with Crippen LogP contribution < -0.4 is 30.4 Å². The van der Waals surface area contributed by atoms with E-state index in [-0.39, 0.29) is 31.2 Å². The number of fused-ring (bicyclic) bond motifs is 3. The fourth-order valence-corrected chi connectivity index (χ4v) is 9.08. The summed E-state index contributed by atoms with van der Waals surface area (Å²) in [7, 11) is -2.49. The zero-order valence-electron chi connectivity index (χ0n) is 33.7. The Morgan fingerprint density at radius 1 is 1.16 bits per heavy atom. The molecule has 0 radical (unpaired) electrons. The highest BCUT2D eigenvalue weighted by Gasteiger charge is 2.63. The Hall–Kier alpha value is -4.58. The van der Waals surface area contributed by atoms with Crippen molar-refractivity contribution in [1.29, 1.82) is 0 Å². The van der Waals surface area contributed by atoms with Gasteiger partial charge in [0.25, 0.3) is 12.3 Å². The molecule has 6 rings (SSSR count). The topological polar surface area (TPSA) is 194 Å². The number of benzene rings is 1. The molecule has 1 aromatic carbocycles. The number of nitrogens with zero attached hydrogens (tertiary/aromatic N) is 2. The Bertz CT molecular complexity index is 2050. The molecule has 4 amide bonds. The third-order valence-electron chi connectivity index (χ3n) is 12.0. The predicted octanol–water partition coefficient (Wildman–Crippen LogP) is 4.51. The number of allylic oxidation sites excluding steroid dienone is 1. The van der Waals surface area contributed by atoms with Gasteiger partial charge < -0.3 is 24.4 Å². The van der Waals surface area contributed by atoms with Crippen LogP contribution in [-0.2, 0) is 29.1 Å².